The van der Waals surface area contributed by atoms with Crippen LogP contribution < -0.4 is 15.8 Å². The Kier molecular flexibility index (Phi) is 5.58. The van der Waals surface area contributed by atoms with E-state index >= 15 is 0 Å². The van der Waals surface area contributed by atoms with Crippen LogP contribution in [0.2, 0.25) is 0 Å². The van der Waals surface area contributed by atoms with Crippen LogP contribution >= 0.6 is 0 Å². The van der Waals surface area contributed by atoms with Crippen LogP contribution in [0.3, 0.4) is 0 Å². The highest BCUT2D eigenvalue weighted by atomic mass is 19.1. The van der Waals surface area contributed by atoms with Crippen molar-refractivity contribution in [3.8, 4) is 5.75 Å². The van der Waals surface area contributed by atoms with Crippen molar-refractivity contribution in [3.05, 3.63) is 24.0 Å². The lowest BCUT2D eigenvalue weighted by Gasteiger charge is -2.14. The third-order valence-electron chi connectivity index (χ3n) is 2.44. The summed E-state index contributed by atoms with van der Waals surface area (Å²) in [5, 5.41) is 2.65. The third-order valence-corrected chi connectivity index (χ3v) is 2.44. The molecule has 0 aliphatic heterocycles. The fraction of sp³-hybridized carbons (Fsp3) is 0.462. The van der Waals surface area contributed by atoms with E-state index in [4.69, 9.17) is 10.5 Å². The van der Waals surface area contributed by atoms with Crippen molar-refractivity contribution in [2.45, 2.75) is 32.7 Å². The molecule has 1 aromatic carbocycles. The largest absolute Gasteiger partial charge is 0.492 e. The first-order valence-electron chi connectivity index (χ1n) is 6.07. The van der Waals surface area contributed by atoms with Gasteiger partial charge in [-0.15, -0.1) is 0 Å². The van der Waals surface area contributed by atoms with Gasteiger partial charge in [0, 0.05) is 6.07 Å². The maximum Gasteiger partial charge on any atom is 0.241 e. The van der Waals surface area contributed by atoms with Gasteiger partial charge in [0.05, 0.1) is 18.3 Å². The van der Waals surface area contributed by atoms with Gasteiger partial charge in [-0.05, 0) is 25.5 Å². The number of nitrogens with two attached hydrogens (primary N) is 1. The molecule has 0 unspecified atom stereocenters. The molecule has 1 amide bonds. The van der Waals surface area contributed by atoms with Crippen LogP contribution in [-0.2, 0) is 4.79 Å². The molecule has 1 atom stereocenters. The Morgan fingerprint density at radius 1 is 1.50 bits per heavy atom. The summed E-state index contributed by atoms with van der Waals surface area (Å²) in [6, 6.07) is 3.42. The van der Waals surface area contributed by atoms with Crippen molar-refractivity contribution < 1.29 is 13.9 Å². The van der Waals surface area contributed by atoms with Gasteiger partial charge in [-0.3, -0.25) is 4.79 Å². The van der Waals surface area contributed by atoms with E-state index in [1.807, 2.05) is 6.92 Å². The number of amides is 1. The number of hydrogen-bond acceptors (Lipinski definition) is 3. The number of benzene rings is 1. The van der Waals surface area contributed by atoms with E-state index in [1.54, 1.807) is 6.92 Å². The second kappa shape index (κ2) is 6.96. The van der Waals surface area contributed by atoms with Crippen LogP contribution in [0.15, 0.2) is 18.2 Å². The van der Waals surface area contributed by atoms with Crippen LogP contribution in [0, 0.1) is 5.82 Å². The van der Waals surface area contributed by atoms with Crippen molar-refractivity contribution in [3.63, 3.8) is 0 Å². The van der Waals surface area contributed by atoms with Gasteiger partial charge in [-0.2, -0.15) is 0 Å². The zero-order valence-electron chi connectivity index (χ0n) is 10.7. The number of halogens is 1. The highest BCUT2D eigenvalue weighted by Crippen LogP contribution is 2.25. The maximum atomic E-state index is 13.1. The summed E-state index contributed by atoms with van der Waals surface area (Å²) >= 11 is 0. The molecule has 0 aromatic heterocycles. The van der Waals surface area contributed by atoms with Gasteiger partial charge in [-0.1, -0.05) is 13.3 Å². The summed E-state index contributed by atoms with van der Waals surface area (Å²) in [4.78, 5) is 11.8. The topological polar surface area (TPSA) is 64.4 Å². The zero-order chi connectivity index (χ0) is 13.5. The lowest BCUT2D eigenvalue weighted by Crippen LogP contribution is -2.35. The molecule has 100 valence electrons. The van der Waals surface area contributed by atoms with E-state index in [1.165, 1.54) is 18.2 Å². The Balaban J connectivity index is 2.80. The van der Waals surface area contributed by atoms with Crippen LogP contribution in [0.25, 0.3) is 0 Å². The number of hydrogen-bond donors (Lipinski definition) is 2. The second-order valence-corrected chi connectivity index (χ2v) is 3.96. The number of anilines is 1. The summed E-state index contributed by atoms with van der Waals surface area (Å²) in [5.41, 5.74) is 6.14. The summed E-state index contributed by atoms with van der Waals surface area (Å²) < 4.78 is 18.3. The Labute approximate surface area is 106 Å². The molecule has 0 fully saturated rings. The average Bonchev–Trinajstić information content (AvgIpc) is 2.33. The molecule has 0 aliphatic carbocycles. The molecule has 0 heterocycles. The van der Waals surface area contributed by atoms with Gasteiger partial charge in [0.2, 0.25) is 5.91 Å². The molecule has 0 saturated heterocycles. The molecule has 0 radical (unpaired) electrons. The molecule has 1 rings (SSSR count). The van der Waals surface area contributed by atoms with E-state index in [0.717, 1.165) is 6.42 Å². The Hall–Kier alpha value is -1.62. The molecule has 0 bridgehead atoms. The van der Waals surface area contributed by atoms with Crippen molar-refractivity contribution in [1.82, 2.24) is 0 Å². The molecule has 1 aromatic rings. The highest BCUT2D eigenvalue weighted by Gasteiger charge is 2.15. The van der Waals surface area contributed by atoms with E-state index < -0.39 is 11.9 Å². The summed E-state index contributed by atoms with van der Waals surface area (Å²) in [7, 11) is 0. The van der Waals surface area contributed by atoms with E-state index in [9.17, 15) is 9.18 Å². The molecular formula is C13H19FN2O2. The van der Waals surface area contributed by atoms with Gasteiger partial charge in [-0.25, -0.2) is 4.39 Å². The molecule has 0 aliphatic rings. The summed E-state index contributed by atoms with van der Waals surface area (Å²) in [6.07, 6.45) is 1.44. The summed E-state index contributed by atoms with van der Waals surface area (Å²) in [5.74, 6) is -0.381. The molecule has 5 heteroatoms. The smallest absolute Gasteiger partial charge is 0.241 e. The van der Waals surface area contributed by atoms with Gasteiger partial charge in [0.15, 0.2) is 0 Å². The lowest BCUT2D eigenvalue weighted by molar-refractivity contribution is -0.117. The minimum atomic E-state index is -0.561. The molecular weight excluding hydrogens is 235 g/mol. The van der Waals surface area contributed by atoms with Crippen molar-refractivity contribution in [1.29, 1.82) is 0 Å². The number of nitrogens with one attached hydrogen (secondary N) is 1. The lowest BCUT2D eigenvalue weighted by atomic mass is 10.1. The first-order valence-corrected chi connectivity index (χ1v) is 6.07. The van der Waals surface area contributed by atoms with Gasteiger partial charge in [0.25, 0.3) is 0 Å². The average molecular weight is 254 g/mol. The third kappa shape index (κ3) is 4.00. The van der Waals surface area contributed by atoms with E-state index in [2.05, 4.69) is 5.32 Å². The molecule has 4 nitrogen and oxygen atoms in total. The van der Waals surface area contributed by atoms with Crippen LogP contribution in [0.5, 0.6) is 5.75 Å². The number of carbonyl (C=O) groups excluding carboxylic acids is 1. The quantitative estimate of drug-likeness (QED) is 0.818. The van der Waals surface area contributed by atoms with Crippen LogP contribution in [0.4, 0.5) is 10.1 Å². The second-order valence-electron chi connectivity index (χ2n) is 3.96. The van der Waals surface area contributed by atoms with Crippen LogP contribution in [-0.4, -0.2) is 18.6 Å². The fourth-order valence-corrected chi connectivity index (χ4v) is 1.54. The van der Waals surface area contributed by atoms with E-state index in [-0.39, 0.29) is 5.91 Å². The SMILES string of the molecule is CCC[C@@H](N)C(=O)Nc1ccc(F)cc1OCC. The minimum Gasteiger partial charge on any atom is -0.492 e. The first-order chi connectivity index (χ1) is 8.58. The normalized spacial score (nSPS) is 12.0. The van der Waals surface area contributed by atoms with Crippen molar-refractivity contribution in [2.24, 2.45) is 5.73 Å². The Morgan fingerprint density at radius 2 is 2.22 bits per heavy atom. The van der Waals surface area contributed by atoms with Crippen molar-refractivity contribution in [2.75, 3.05) is 11.9 Å². The number of rotatable bonds is 6. The highest BCUT2D eigenvalue weighted by molar-refractivity contribution is 5.95. The molecule has 3 N–H and O–H groups in total. The maximum absolute atomic E-state index is 13.1. The monoisotopic (exact) mass is 254 g/mol. The predicted octanol–water partition coefficient (Wildman–Crippen LogP) is 2.29. The summed E-state index contributed by atoms with van der Waals surface area (Å²) in [6.45, 7) is 4.14. The molecule has 0 spiro atoms. The van der Waals surface area contributed by atoms with Gasteiger partial charge >= 0.3 is 0 Å². The number of ether oxygens (including phenoxy) is 1. The zero-order valence-corrected chi connectivity index (χ0v) is 10.7. The van der Waals surface area contributed by atoms with Crippen molar-refractivity contribution >= 4 is 11.6 Å². The first kappa shape index (κ1) is 14.4. The van der Waals surface area contributed by atoms with Crippen LogP contribution in [0.1, 0.15) is 26.7 Å². The Bertz CT molecular complexity index is 410. The molecule has 0 saturated carbocycles. The van der Waals surface area contributed by atoms with Gasteiger partial charge < -0.3 is 15.8 Å². The fourth-order valence-electron chi connectivity index (χ4n) is 1.54. The Morgan fingerprint density at radius 3 is 2.83 bits per heavy atom. The van der Waals surface area contributed by atoms with Gasteiger partial charge in [0.1, 0.15) is 11.6 Å². The minimum absolute atomic E-state index is 0.288. The standard InChI is InChI=1S/C13H19FN2O2/c1-3-5-10(15)13(17)16-11-7-6-9(14)8-12(11)18-4-2/h6-8,10H,3-5,15H2,1-2H3,(H,16,17)/t10-/m1/s1. The number of carbonyl (C=O) groups is 1. The predicted molar refractivity (Wildman–Crippen MR) is 69.1 cm³/mol. The molecule has 18 heavy (non-hydrogen) atoms. The van der Waals surface area contributed by atoms with E-state index in [0.29, 0.717) is 24.5 Å².